The Morgan fingerprint density at radius 1 is 0.935 bits per heavy atom. The molecule has 31 heavy (non-hydrogen) atoms. The van der Waals surface area contributed by atoms with Crippen molar-refractivity contribution in [2.75, 3.05) is 63.2 Å². The summed E-state index contributed by atoms with van der Waals surface area (Å²) >= 11 is 0. The highest BCUT2D eigenvalue weighted by molar-refractivity contribution is 5.99. The summed E-state index contributed by atoms with van der Waals surface area (Å²) in [6, 6.07) is 14.3. The molecule has 2 aliphatic rings. The zero-order valence-electron chi connectivity index (χ0n) is 18.8. The SMILES string of the molecule is Cc1ccccc1N1CCN(CCC(=O)c2ccc3c(c2)CCN3C(=O)N(C)C)CC1. The second kappa shape index (κ2) is 9.10. The number of hydrogen-bond donors (Lipinski definition) is 0. The minimum atomic E-state index is -0.0114. The third kappa shape index (κ3) is 4.59. The first-order valence-corrected chi connectivity index (χ1v) is 11.1. The summed E-state index contributed by atoms with van der Waals surface area (Å²) in [5.41, 5.74) is 5.42. The monoisotopic (exact) mass is 420 g/mol. The Labute approximate surface area is 185 Å². The van der Waals surface area contributed by atoms with Crippen LogP contribution in [-0.4, -0.2) is 75.0 Å². The summed E-state index contributed by atoms with van der Waals surface area (Å²) in [6.07, 6.45) is 1.33. The maximum absolute atomic E-state index is 12.8. The molecule has 0 bridgehead atoms. The first-order chi connectivity index (χ1) is 14.9. The van der Waals surface area contributed by atoms with Gasteiger partial charge in [-0.3, -0.25) is 14.6 Å². The van der Waals surface area contributed by atoms with E-state index in [1.807, 2.05) is 18.2 Å². The van der Waals surface area contributed by atoms with Gasteiger partial charge < -0.3 is 9.80 Å². The van der Waals surface area contributed by atoms with Crippen LogP contribution in [0.4, 0.5) is 16.2 Å². The van der Waals surface area contributed by atoms with Crippen molar-refractivity contribution in [1.29, 1.82) is 0 Å². The van der Waals surface area contributed by atoms with Gasteiger partial charge in [0, 0.05) is 76.7 Å². The van der Waals surface area contributed by atoms with Gasteiger partial charge in [0.15, 0.2) is 5.78 Å². The molecule has 2 amide bonds. The van der Waals surface area contributed by atoms with Gasteiger partial charge in [-0.15, -0.1) is 0 Å². The van der Waals surface area contributed by atoms with Crippen LogP contribution in [0.3, 0.4) is 0 Å². The molecule has 2 aromatic rings. The Balaban J connectivity index is 1.30. The lowest BCUT2D eigenvalue weighted by molar-refractivity contribution is 0.0962. The first kappa shape index (κ1) is 21.4. The van der Waals surface area contributed by atoms with Crippen molar-refractivity contribution < 1.29 is 9.59 Å². The van der Waals surface area contributed by atoms with Gasteiger partial charge >= 0.3 is 6.03 Å². The number of benzene rings is 2. The zero-order chi connectivity index (χ0) is 22.0. The van der Waals surface area contributed by atoms with Crippen LogP contribution in [0.15, 0.2) is 42.5 Å². The number of amides is 2. The predicted molar refractivity (Wildman–Crippen MR) is 125 cm³/mol. The van der Waals surface area contributed by atoms with Crippen molar-refractivity contribution in [3.63, 3.8) is 0 Å². The van der Waals surface area contributed by atoms with Crippen LogP contribution in [0.1, 0.15) is 27.9 Å². The van der Waals surface area contributed by atoms with E-state index in [-0.39, 0.29) is 11.8 Å². The first-order valence-electron chi connectivity index (χ1n) is 11.1. The normalized spacial score (nSPS) is 16.4. The zero-order valence-corrected chi connectivity index (χ0v) is 18.8. The Morgan fingerprint density at radius 3 is 2.39 bits per heavy atom. The smallest absolute Gasteiger partial charge is 0.323 e. The summed E-state index contributed by atoms with van der Waals surface area (Å²) in [6.45, 7) is 7.58. The third-order valence-corrected chi connectivity index (χ3v) is 6.39. The number of ketones is 1. The van der Waals surface area contributed by atoms with Crippen LogP contribution in [0.5, 0.6) is 0 Å². The average Bonchev–Trinajstić information content (AvgIpc) is 3.21. The molecule has 4 rings (SSSR count). The average molecular weight is 421 g/mol. The molecule has 6 heteroatoms. The van der Waals surface area contributed by atoms with Crippen LogP contribution in [0.25, 0.3) is 0 Å². The van der Waals surface area contributed by atoms with Crippen LogP contribution in [0, 0.1) is 6.92 Å². The van der Waals surface area contributed by atoms with E-state index in [9.17, 15) is 9.59 Å². The van der Waals surface area contributed by atoms with E-state index in [0.29, 0.717) is 13.0 Å². The minimum Gasteiger partial charge on any atom is -0.369 e. The van der Waals surface area contributed by atoms with Gasteiger partial charge in [0.25, 0.3) is 0 Å². The maximum Gasteiger partial charge on any atom is 0.323 e. The molecule has 2 heterocycles. The second-order valence-corrected chi connectivity index (χ2v) is 8.71. The number of hydrogen-bond acceptors (Lipinski definition) is 4. The van der Waals surface area contributed by atoms with Gasteiger partial charge in [-0.1, -0.05) is 18.2 Å². The Morgan fingerprint density at radius 2 is 1.68 bits per heavy atom. The van der Waals surface area contributed by atoms with Gasteiger partial charge in [-0.25, -0.2) is 4.79 Å². The van der Waals surface area contributed by atoms with E-state index >= 15 is 0 Å². The summed E-state index contributed by atoms with van der Waals surface area (Å²) in [4.78, 5) is 33.3. The number of carbonyl (C=O) groups is 2. The van der Waals surface area contributed by atoms with Gasteiger partial charge in [0.1, 0.15) is 0 Å². The number of Topliss-reactive ketones (excluding diaryl/α,β-unsaturated/α-hetero) is 1. The standard InChI is InChI=1S/C25H32N4O2/c1-19-6-4-5-7-22(19)28-16-14-27(15-17-28)12-11-24(30)21-8-9-23-20(18-21)10-13-29(23)25(31)26(2)3/h4-9,18H,10-17H2,1-3H3. The number of urea groups is 1. The third-order valence-electron chi connectivity index (χ3n) is 6.39. The van der Waals surface area contributed by atoms with Crippen molar-refractivity contribution in [2.45, 2.75) is 19.8 Å². The molecule has 1 fully saturated rings. The number of carbonyl (C=O) groups excluding carboxylic acids is 2. The molecule has 6 nitrogen and oxygen atoms in total. The van der Waals surface area contributed by atoms with Crippen LogP contribution < -0.4 is 9.80 Å². The molecule has 0 spiro atoms. The highest BCUT2D eigenvalue weighted by atomic mass is 16.2. The molecule has 0 radical (unpaired) electrons. The molecule has 0 atom stereocenters. The molecule has 0 N–H and O–H groups in total. The quantitative estimate of drug-likeness (QED) is 0.696. The minimum absolute atomic E-state index is 0.0114. The van der Waals surface area contributed by atoms with E-state index in [1.165, 1.54) is 11.3 Å². The van der Waals surface area contributed by atoms with Gasteiger partial charge in [0.2, 0.25) is 0 Å². The number of rotatable bonds is 5. The number of anilines is 2. The molecular formula is C25H32N4O2. The summed E-state index contributed by atoms with van der Waals surface area (Å²) in [5.74, 6) is 0.182. The fourth-order valence-electron chi connectivity index (χ4n) is 4.55. The van der Waals surface area contributed by atoms with Gasteiger partial charge in [-0.05, 0) is 48.7 Å². The fraction of sp³-hybridized carbons (Fsp3) is 0.440. The summed E-state index contributed by atoms with van der Waals surface area (Å²) in [7, 11) is 3.53. The van der Waals surface area contributed by atoms with Gasteiger partial charge in [-0.2, -0.15) is 0 Å². The predicted octanol–water partition coefficient (Wildman–Crippen LogP) is 3.43. The highest BCUT2D eigenvalue weighted by Gasteiger charge is 2.26. The van der Waals surface area contributed by atoms with Crippen molar-refractivity contribution in [2.24, 2.45) is 0 Å². The summed E-state index contributed by atoms with van der Waals surface area (Å²) < 4.78 is 0. The lowest BCUT2D eigenvalue weighted by atomic mass is 10.0. The number of nitrogens with zero attached hydrogens (tertiary/aromatic N) is 4. The topological polar surface area (TPSA) is 47.1 Å². The molecule has 164 valence electrons. The Kier molecular flexibility index (Phi) is 6.28. The Hall–Kier alpha value is -2.86. The lowest BCUT2D eigenvalue weighted by Gasteiger charge is -2.36. The van der Waals surface area contributed by atoms with Crippen molar-refractivity contribution in [1.82, 2.24) is 9.80 Å². The number of piperazine rings is 1. The number of para-hydroxylation sites is 1. The molecule has 0 aromatic heterocycles. The molecule has 1 saturated heterocycles. The van der Waals surface area contributed by atoms with E-state index in [0.717, 1.165) is 56.0 Å². The highest BCUT2D eigenvalue weighted by Crippen LogP contribution is 2.30. The van der Waals surface area contributed by atoms with Crippen LogP contribution in [0.2, 0.25) is 0 Å². The molecule has 2 aromatic carbocycles. The van der Waals surface area contributed by atoms with Gasteiger partial charge in [0.05, 0.1) is 0 Å². The van der Waals surface area contributed by atoms with Crippen LogP contribution in [-0.2, 0) is 6.42 Å². The molecule has 0 unspecified atom stereocenters. The van der Waals surface area contributed by atoms with E-state index in [4.69, 9.17) is 0 Å². The molecule has 0 aliphatic carbocycles. The Bertz CT molecular complexity index is 964. The molecular weight excluding hydrogens is 388 g/mol. The van der Waals surface area contributed by atoms with Crippen LogP contribution >= 0.6 is 0 Å². The number of fused-ring (bicyclic) bond motifs is 1. The van der Waals surface area contributed by atoms with Crippen molar-refractivity contribution in [3.8, 4) is 0 Å². The van der Waals surface area contributed by atoms with E-state index < -0.39 is 0 Å². The van der Waals surface area contributed by atoms with Crippen molar-refractivity contribution >= 4 is 23.2 Å². The molecule has 2 aliphatic heterocycles. The fourth-order valence-corrected chi connectivity index (χ4v) is 4.55. The number of aryl methyl sites for hydroxylation is 1. The van der Waals surface area contributed by atoms with E-state index in [1.54, 1.807) is 23.9 Å². The van der Waals surface area contributed by atoms with Crippen molar-refractivity contribution in [3.05, 3.63) is 59.2 Å². The largest absolute Gasteiger partial charge is 0.369 e. The molecule has 0 saturated carbocycles. The maximum atomic E-state index is 12.8. The second-order valence-electron chi connectivity index (χ2n) is 8.71. The van der Waals surface area contributed by atoms with E-state index in [2.05, 4.69) is 41.0 Å². The lowest BCUT2D eigenvalue weighted by Crippen LogP contribution is -2.47. The summed E-state index contributed by atoms with van der Waals surface area (Å²) in [5, 5.41) is 0.